The van der Waals surface area contributed by atoms with Crippen LogP contribution in [0.2, 0.25) is 0 Å². The summed E-state index contributed by atoms with van der Waals surface area (Å²) in [6.45, 7) is 6.84. The highest BCUT2D eigenvalue weighted by atomic mass is 16.5. The van der Waals surface area contributed by atoms with Gasteiger partial charge in [0.2, 0.25) is 5.88 Å². The van der Waals surface area contributed by atoms with Crippen LogP contribution >= 0.6 is 0 Å². The Bertz CT molecular complexity index is 882. The smallest absolute Gasteiger partial charge is 0.223 e. The normalized spacial score (nSPS) is 19.8. The number of nitrogens with zero attached hydrogens (tertiary/aromatic N) is 4. The summed E-state index contributed by atoms with van der Waals surface area (Å²) in [5.41, 5.74) is 5.42. The summed E-state index contributed by atoms with van der Waals surface area (Å²) in [5.74, 6) is 0.597. The molecule has 0 unspecified atom stereocenters. The van der Waals surface area contributed by atoms with Crippen molar-refractivity contribution in [2.75, 3.05) is 32.9 Å². The Morgan fingerprint density at radius 1 is 1.30 bits per heavy atom. The first-order chi connectivity index (χ1) is 13.3. The van der Waals surface area contributed by atoms with Gasteiger partial charge in [0.25, 0.3) is 0 Å². The molecular weight excluding hydrogens is 340 g/mol. The van der Waals surface area contributed by atoms with Gasteiger partial charge in [-0.15, -0.1) is 0 Å². The van der Waals surface area contributed by atoms with Gasteiger partial charge in [-0.2, -0.15) is 5.26 Å². The number of hydrogen-bond donors (Lipinski definition) is 0. The summed E-state index contributed by atoms with van der Waals surface area (Å²) < 4.78 is 11.2. The molecule has 0 saturated carbocycles. The van der Waals surface area contributed by atoms with Crippen LogP contribution in [0.4, 0.5) is 0 Å². The lowest BCUT2D eigenvalue weighted by Crippen LogP contribution is -2.35. The van der Waals surface area contributed by atoms with Crippen molar-refractivity contribution in [2.45, 2.75) is 19.9 Å². The molecule has 27 heavy (non-hydrogen) atoms. The fraction of sp³-hybridized carbons (Fsp3) is 0.381. The Balaban J connectivity index is 1.60. The molecule has 0 spiro atoms. The standard InChI is InChI=1S/C21H22N4O2/c1-2-27-21-20(17-11-15(12-22)3-5-18(17)24-21)19-6-4-16(13-23-19)14-25-7-9-26-10-8-25/h3-4,6,11,13H,2,5,7-10,14H2,1H3. The molecule has 2 aliphatic heterocycles. The maximum atomic E-state index is 9.25. The summed E-state index contributed by atoms with van der Waals surface area (Å²) in [4.78, 5) is 11.7. The van der Waals surface area contributed by atoms with E-state index in [9.17, 15) is 5.26 Å². The second-order valence-corrected chi connectivity index (χ2v) is 6.65. The zero-order valence-corrected chi connectivity index (χ0v) is 15.4. The quantitative estimate of drug-likeness (QED) is 0.805. The van der Waals surface area contributed by atoms with Gasteiger partial charge in [-0.05, 0) is 24.6 Å². The molecule has 0 radical (unpaired) electrons. The molecule has 0 atom stereocenters. The molecule has 3 aliphatic rings. The van der Waals surface area contributed by atoms with Gasteiger partial charge in [-0.3, -0.25) is 9.88 Å². The van der Waals surface area contributed by atoms with Crippen LogP contribution in [0.15, 0.2) is 52.5 Å². The van der Waals surface area contributed by atoms with Crippen molar-refractivity contribution < 1.29 is 9.47 Å². The van der Waals surface area contributed by atoms with Crippen LogP contribution in [-0.4, -0.2) is 48.5 Å². The van der Waals surface area contributed by atoms with Crippen molar-refractivity contribution in [3.63, 3.8) is 0 Å². The Morgan fingerprint density at radius 3 is 2.85 bits per heavy atom. The zero-order valence-electron chi connectivity index (χ0n) is 15.4. The first kappa shape index (κ1) is 17.7. The second-order valence-electron chi connectivity index (χ2n) is 6.65. The predicted octanol–water partition coefficient (Wildman–Crippen LogP) is 2.85. The van der Waals surface area contributed by atoms with Crippen LogP contribution in [0.1, 0.15) is 24.6 Å². The molecule has 3 heterocycles. The van der Waals surface area contributed by atoms with Crippen molar-refractivity contribution in [1.82, 2.24) is 9.88 Å². The number of hydrogen-bond acceptors (Lipinski definition) is 6. The van der Waals surface area contributed by atoms with E-state index in [1.807, 2.05) is 31.3 Å². The predicted molar refractivity (Wildman–Crippen MR) is 103 cm³/mol. The highest BCUT2D eigenvalue weighted by Crippen LogP contribution is 2.37. The van der Waals surface area contributed by atoms with Gasteiger partial charge in [0.05, 0.1) is 42.9 Å². The van der Waals surface area contributed by atoms with Gasteiger partial charge in [0.15, 0.2) is 0 Å². The van der Waals surface area contributed by atoms with Crippen molar-refractivity contribution in [3.05, 3.63) is 58.8 Å². The van der Waals surface area contributed by atoms with E-state index >= 15 is 0 Å². The maximum absolute atomic E-state index is 9.25. The lowest BCUT2D eigenvalue weighted by Gasteiger charge is -2.26. The van der Waals surface area contributed by atoms with E-state index in [1.165, 1.54) is 5.56 Å². The number of rotatable bonds is 5. The van der Waals surface area contributed by atoms with Gasteiger partial charge in [-0.25, -0.2) is 4.99 Å². The number of aromatic nitrogens is 1. The zero-order chi connectivity index (χ0) is 18.6. The van der Waals surface area contributed by atoms with E-state index in [0.29, 0.717) is 24.5 Å². The summed E-state index contributed by atoms with van der Waals surface area (Å²) in [7, 11) is 0. The van der Waals surface area contributed by atoms with Gasteiger partial charge >= 0.3 is 0 Å². The fourth-order valence-corrected chi connectivity index (χ4v) is 3.48. The molecule has 1 saturated heterocycles. The van der Waals surface area contributed by atoms with Crippen LogP contribution in [0.25, 0.3) is 5.57 Å². The number of nitriles is 1. The number of morpholine rings is 1. The molecule has 0 amide bonds. The lowest BCUT2D eigenvalue weighted by atomic mass is 9.92. The number of fused-ring (bicyclic) bond motifs is 1. The molecular formula is C21H22N4O2. The summed E-state index contributed by atoms with van der Waals surface area (Å²) >= 11 is 0. The van der Waals surface area contributed by atoms with Gasteiger partial charge in [-0.1, -0.05) is 12.1 Å². The van der Waals surface area contributed by atoms with E-state index in [-0.39, 0.29) is 0 Å². The molecule has 1 aromatic heterocycles. The average Bonchev–Trinajstić information content (AvgIpc) is 3.07. The van der Waals surface area contributed by atoms with Crippen molar-refractivity contribution in [2.24, 2.45) is 4.99 Å². The highest BCUT2D eigenvalue weighted by Gasteiger charge is 2.29. The van der Waals surface area contributed by atoms with Crippen LogP contribution in [0, 0.1) is 11.3 Å². The molecule has 1 aromatic rings. The van der Waals surface area contributed by atoms with Crippen molar-refractivity contribution in [1.29, 1.82) is 5.26 Å². The SMILES string of the molecule is CCOC1=C(c2ccc(CN3CCOCC3)cn2)C2=CC(C#N)=CCC2=N1. The Labute approximate surface area is 159 Å². The van der Waals surface area contributed by atoms with Crippen molar-refractivity contribution in [3.8, 4) is 6.07 Å². The molecule has 1 aliphatic carbocycles. The Hall–Kier alpha value is -2.75. The fourth-order valence-electron chi connectivity index (χ4n) is 3.48. The number of ether oxygens (including phenoxy) is 2. The minimum atomic E-state index is 0.538. The van der Waals surface area contributed by atoms with Gasteiger partial charge in [0.1, 0.15) is 0 Å². The summed E-state index contributed by atoms with van der Waals surface area (Å²) in [5, 5.41) is 9.25. The van der Waals surface area contributed by atoms with Crippen LogP contribution in [-0.2, 0) is 16.0 Å². The van der Waals surface area contributed by atoms with Crippen molar-refractivity contribution >= 4 is 11.3 Å². The Morgan fingerprint density at radius 2 is 2.15 bits per heavy atom. The summed E-state index contributed by atoms with van der Waals surface area (Å²) in [6.07, 6.45) is 6.34. The molecule has 4 rings (SSSR count). The van der Waals surface area contributed by atoms with E-state index in [4.69, 9.17) is 9.47 Å². The van der Waals surface area contributed by atoms with Crippen LogP contribution < -0.4 is 0 Å². The third-order valence-corrected chi connectivity index (χ3v) is 4.85. The number of allylic oxidation sites excluding steroid dienone is 5. The molecule has 6 heteroatoms. The minimum absolute atomic E-state index is 0.538. The Kier molecular flexibility index (Phi) is 5.14. The third kappa shape index (κ3) is 3.70. The molecule has 0 N–H and O–H groups in total. The largest absolute Gasteiger partial charge is 0.477 e. The molecule has 138 valence electrons. The summed E-state index contributed by atoms with van der Waals surface area (Å²) in [6, 6.07) is 6.35. The minimum Gasteiger partial charge on any atom is -0.477 e. The highest BCUT2D eigenvalue weighted by molar-refractivity contribution is 6.18. The topological polar surface area (TPSA) is 70.7 Å². The first-order valence-corrected chi connectivity index (χ1v) is 9.31. The lowest BCUT2D eigenvalue weighted by molar-refractivity contribution is 0.0341. The van der Waals surface area contributed by atoms with E-state index < -0.39 is 0 Å². The monoisotopic (exact) mass is 362 g/mol. The van der Waals surface area contributed by atoms with Crippen LogP contribution in [0.5, 0.6) is 0 Å². The first-order valence-electron chi connectivity index (χ1n) is 9.31. The maximum Gasteiger partial charge on any atom is 0.223 e. The second kappa shape index (κ2) is 7.87. The molecule has 6 nitrogen and oxygen atoms in total. The number of aliphatic imine (C=N–C) groups is 1. The van der Waals surface area contributed by atoms with Gasteiger partial charge < -0.3 is 9.47 Å². The molecule has 0 bridgehead atoms. The van der Waals surface area contributed by atoms with Crippen LogP contribution in [0.3, 0.4) is 0 Å². The molecule has 0 aromatic carbocycles. The van der Waals surface area contributed by atoms with E-state index in [1.54, 1.807) is 0 Å². The number of pyridine rings is 1. The average molecular weight is 362 g/mol. The molecule has 1 fully saturated rings. The third-order valence-electron chi connectivity index (χ3n) is 4.85. The van der Waals surface area contributed by atoms with E-state index in [0.717, 1.165) is 55.4 Å². The van der Waals surface area contributed by atoms with E-state index in [2.05, 4.69) is 27.0 Å². The van der Waals surface area contributed by atoms with Gasteiger partial charge in [0, 0.05) is 43.4 Å².